The molecule has 1 heterocycles. The molecule has 1 aliphatic heterocycles. The van der Waals surface area contributed by atoms with Gasteiger partial charge in [0, 0.05) is 37.0 Å². The predicted molar refractivity (Wildman–Crippen MR) is 144 cm³/mol. The first-order valence-electron chi connectivity index (χ1n) is 11.4. The fraction of sp³-hybridized carbons (Fsp3) is 0.440. The average molecular weight is 566 g/mol. The van der Waals surface area contributed by atoms with Crippen LogP contribution in [-0.2, 0) is 6.54 Å². The monoisotopic (exact) mass is 566 g/mol. The molecule has 0 aliphatic carbocycles. The normalized spacial score (nSPS) is 13.7. The van der Waals surface area contributed by atoms with Gasteiger partial charge in [0.05, 0.1) is 20.3 Å². The number of rotatable bonds is 8. The Morgan fingerprint density at radius 3 is 2.55 bits per heavy atom. The number of nitrogens with one attached hydrogen (secondary N) is 2. The van der Waals surface area contributed by atoms with E-state index in [-0.39, 0.29) is 29.9 Å². The van der Waals surface area contributed by atoms with Crippen LogP contribution in [0.25, 0.3) is 0 Å². The van der Waals surface area contributed by atoms with Gasteiger partial charge in [-0.1, -0.05) is 12.1 Å². The van der Waals surface area contributed by atoms with Crippen LogP contribution in [0.5, 0.6) is 11.5 Å². The molecule has 0 spiro atoms. The van der Waals surface area contributed by atoms with Gasteiger partial charge in [-0.25, -0.2) is 4.99 Å². The van der Waals surface area contributed by atoms with Gasteiger partial charge in [0.25, 0.3) is 5.91 Å². The van der Waals surface area contributed by atoms with Crippen LogP contribution in [0.15, 0.2) is 47.5 Å². The van der Waals surface area contributed by atoms with Crippen LogP contribution in [0, 0.1) is 0 Å². The van der Waals surface area contributed by atoms with Crippen LogP contribution in [0.3, 0.4) is 0 Å². The van der Waals surface area contributed by atoms with Gasteiger partial charge in [-0.3, -0.25) is 4.79 Å². The fourth-order valence-corrected chi connectivity index (χ4v) is 3.72. The molecular weight excluding hydrogens is 531 g/mol. The first-order valence-corrected chi connectivity index (χ1v) is 11.4. The number of hydrogen-bond acceptors (Lipinski definition) is 4. The first-order chi connectivity index (χ1) is 15.6. The molecular formula is C25H35IN4O3. The van der Waals surface area contributed by atoms with Crippen molar-refractivity contribution >= 4 is 41.5 Å². The molecule has 1 amide bonds. The zero-order chi connectivity index (χ0) is 22.8. The summed E-state index contributed by atoms with van der Waals surface area (Å²) in [5.41, 5.74) is 2.58. The van der Waals surface area contributed by atoms with Crippen molar-refractivity contribution < 1.29 is 14.3 Å². The Hall–Kier alpha value is -2.49. The maximum absolute atomic E-state index is 12.8. The maximum atomic E-state index is 12.8. The fourth-order valence-electron chi connectivity index (χ4n) is 3.72. The lowest BCUT2D eigenvalue weighted by Gasteiger charge is -2.26. The van der Waals surface area contributed by atoms with E-state index >= 15 is 0 Å². The van der Waals surface area contributed by atoms with E-state index in [1.54, 1.807) is 7.11 Å². The number of aliphatic imine (C=N–C) groups is 1. The van der Waals surface area contributed by atoms with Gasteiger partial charge in [-0.05, 0) is 62.9 Å². The van der Waals surface area contributed by atoms with Crippen molar-refractivity contribution in [2.75, 3.05) is 38.7 Å². The Bertz CT molecular complexity index is 930. The van der Waals surface area contributed by atoms with Crippen molar-refractivity contribution in [1.29, 1.82) is 0 Å². The number of methoxy groups -OCH3 is 1. The molecule has 2 N–H and O–H groups in total. The number of ether oxygens (including phenoxy) is 2. The summed E-state index contributed by atoms with van der Waals surface area (Å²) in [5, 5.41) is 6.58. The number of carbonyl (C=O) groups is 1. The minimum atomic E-state index is 0. The van der Waals surface area contributed by atoms with Gasteiger partial charge in [0.2, 0.25) is 0 Å². The third kappa shape index (κ3) is 7.80. The van der Waals surface area contributed by atoms with Crippen molar-refractivity contribution in [1.82, 2.24) is 10.2 Å². The van der Waals surface area contributed by atoms with Gasteiger partial charge >= 0.3 is 0 Å². The summed E-state index contributed by atoms with van der Waals surface area (Å²) in [4.78, 5) is 19.5. The molecule has 1 aliphatic rings. The minimum Gasteiger partial charge on any atom is -0.493 e. The summed E-state index contributed by atoms with van der Waals surface area (Å²) in [5.74, 6) is 2.14. The lowest BCUT2D eigenvalue weighted by atomic mass is 10.1. The molecule has 2 aromatic rings. The molecule has 7 nitrogen and oxygen atoms in total. The third-order valence-corrected chi connectivity index (χ3v) is 5.31. The number of anilines is 1. The van der Waals surface area contributed by atoms with Gasteiger partial charge in [-0.2, -0.15) is 0 Å². The van der Waals surface area contributed by atoms with Gasteiger partial charge in [0.1, 0.15) is 0 Å². The van der Waals surface area contributed by atoms with Crippen LogP contribution in [-0.4, -0.2) is 50.1 Å². The molecule has 3 rings (SSSR count). The van der Waals surface area contributed by atoms with Crippen molar-refractivity contribution in [3.8, 4) is 11.5 Å². The number of halogens is 1. The lowest BCUT2D eigenvalue weighted by Crippen LogP contribution is -2.35. The van der Waals surface area contributed by atoms with Crippen LogP contribution < -0.4 is 20.1 Å². The molecule has 33 heavy (non-hydrogen) atoms. The number of nitrogens with zero attached hydrogens (tertiary/aromatic N) is 2. The Kier molecular flexibility index (Phi) is 11.3. The Morgan fingerprint density at radius 1 is 1.06 bits per heavy atom. The van der Waals surface area contributed by atoms with Crippen LogP contribution in [0.1, 0.15) is 49.0 Å². The molecule has 1 fully saturated rings. The van der Waals surface area contributed by atoms with Crippen LogP contribution in [0.4, 0.5) is 5.69 Å². The third-order valence-electron chi connectivity index (χ3n) is 5.31. The Balaban J connectivity index is 0.00000385. The summed E-state index contributed by atoms with van der Waals surface area (Å²) >= 11 is 0. The number of likely N-dealkylation sites (tertiary alicyclic amines) is 1. The number of benzene rings is 2. The summed E-state index contributed by atoms with van der Waals surface area (Å²) in [6.07, 6.45) is 3.38. The van der Waals surface area contributed by atoms with Crippen molar-refractivity contribution in [3.05, 3.63) is 53.6 Å². The van der Waals surface area contributed by atoms with Gasteiger partial charge < -0.3 is 25.0 Å². The van der Waals surface area contributed by atoms with E-state index in [0.717, 1.165) is 49.3 Å². The second-order valence-corrected chi connectivity index (χ2v) is 7.67. The van der Waals surface area contributed by atoms with Crippen LogP contribution in [0.2, 0.25) is 0 Å². The molecule has 0 unspecified atom stereocenters. The molecule has 0 bridgehead atoms. The summed E-state index contributed by atoms with van der Waals surface area (Å²) in [7, 11) is 1.63. The number of carbonyl (C=O) groups excluding carboxylic acids is 1. The molecule has 0 radical (unpaired) electrons. The highest BCUT2D eigenvalue weighted by Gasteiger charge is 2.18. The van der Waals surface area contributed by atoms with E-state index in [0.29, 0.717) is 30.6 Å². The van der Waals surface area contributed by atoms with E-state index in [9.17, 15) is 4.79 Å². The van der Waals surface area contributed by atoms with Crippen molar-refractivity contribution in [2.24, 2.45) is 4.99 Å². The number of hydrogen-bond donors (Lipinski definition) is 2. The lowest BCUT2D eigenvalue weighted by molar-refractivity contribution is 0.0724. The summed E-state index contributed by atoms with van der Waals surface area (Å²) < 4.78 is 11.0. The highest BCUT2D eigenvalue weighted by molar-refractivity contribution is 14.0. The molecule has 1 saturated heterocycles. The van der Waals surface area contributed by atoms with Gasteiger partial charge in [-0.15, -0.1) is 24.0 Å². The topological polar surface area (TPSA) is 75.2 Å². The molecule has 2 aromatic carbocycles. The molecule has 180 valence electrons. The minimum absolute atomic E-state index is 0. The zero-order valence-electron chi connectivity index (χ0n) is 19.7. The Labute approximate surface area is 214 Å². The smallest absolute Gasteiger partial charge is 0.253 e. The largest absolute Gasteiger partial charge is 0.493 e. The molecule has 0 aromatic heterocycles. The quantitative estimate of drug-likeness (QED) is 0.270. The second-order valence-electron chi connectivity index (χ2n) is 7.67. The van der Waals surface area contributed by atoms with Crippen LogP contribution >= 0.6 is 24.0 Å². The zero-order valence-corrected chi connectivity index (χ0v) is 22.1. The van der Waals surface area contributed by atoms with E-state index < -0.39 is 0 Å². The van der Waals surface area contributed by atoms with Gasteiger partial charge in [0.15, 0.2) is 17.5 Å². The SMILES string of the molecule is CCNC(=NCc1cccc(C(=O)N2CCCCC2)c1)Nc1ccc(OC)c(OCC)c1.I. The molecule has 0 atom stereocenters. The Morgan fingerprint density at radius 2 is 1.85 bits per heavy atom. The summed E-state index contributed by atoms with van der Waals surface area (Å²) in [6, 6.07) is 13.5. The van der Waals surface area contributed by atoms with E-state index in [2.05, 4.69) is 10.6 Å². The maximum Gasteiger partial charge on any atom is 0.253 e. The van der Waals surface area contributed by atoms with Crippen molar-refractivity contribution in [3.63, 3.8) is 0 Å². The summed E-state index contributed by atoms with van der Waals surface area (Å²) in [6.45, 7) is 7.41. The standard InChI is InChI=1S/C25H34N4O3.HI/c1-4-26-25(28-21-12-13-22(31-3)23(17-21)32-5-2)27-18-19-10-9-11-20(16-19)24(30)29-14-7-6-8-15-29;/h9-13,16-17H,4-8,14-15,18H2,1-3H3,(H2,26,27,28);1H. The second kappa shape index (κ2) is 13.9. The van der Waals surface area contributed by atoms with E-state index in [1.807, 2.05) is 61.2 Å². The number of guanidine groups is 1. The number of piperidine rings is 1. The first kappa shape index (κ1) is 26.8. The van der Waals surface area contributed by atoms with E-state index in [4.69, 9.17) is 14.5 Å². The highest BCUT2D eigenvalue weighted by Crippen LogP contribution is 2.30. The highest BCUT2D eigenvalue weighted by atomic mass is 127. The number of amides is 1. The van der Waals surface area contributed by atoms with E-state index in [1.165, 1.54) is 6.42 Å². The predicted octanol–water partition coefficient (Wildman–Crippen LogP) is 4.92. The average Bonchev–Trinajstić information content (AvgIpc) is 2.83. The molecule has 8 heteroatoms. The molecule has 0 saturated carbocycles. The van der Waals surface area contributed by atoms with Crippen molar-refractivity contribution in [2.45, 2.75) is 39.7 Å².